The molecule has 14 heavy (non-hydrogen) atoms. The van der Waals surface area contributed by atoms with Gasteiger partial charge in [0.15, 0.2) is 0 Å². The van der Waals surface area contributed by atoms with Gasteiger partial charge in [0.1, 0.15) is 0 Å². The lowest BCUT2D eigenvalue weighted by Gasteiger charge is -2.12. The Hall–Kier alpha value is -0.460. The Morgan fingerprint density at radius 3 is 2.64 bits per heavy atom. The number of nitrogens with zero attached hydrogens (tertiary/aromatic N) is 1. The van der Waals surface area contributed by atoms with E-state index in [9.17, 15) is 0 Å². The maximum Gasteiger partial charge on any atom is 0.0175 e. The topological polar surface area (TPSA) is 3.24 Å². The number of allylic oxidation sites excluding steroid dienone is 2. The molecule has 0 aromatic rings. The van der Waals surface area contributed by atoms with E-state index in [-0.39, 0.29) is 0 Å². The number of hydrogen-bond donors (Lipinski definition) is 0. The van der Waals surface area contributed by atoms with Gasteiger partial charge in [0.25, 0.3) is 0 Å². The maximum absolute atomic E-state index is 2.46. The molecule has 1 aliphatic rings. The summed E-state index contributed by atoms with van der Waals surface area (Å²) in [5.41, 5.74) is 1.58. The van der Waals surface area contributed by atoms with E-state index in [4.69, 9.17) is 0 Å². The molecule has 0 radical (unpaired) electrons. The van der Waals surface area contributed by atoms with Crippen molar-refractivity contribution in [1.82, 2.24) is 4.90 Å². The third kappa shape index (κ3) is 4.17. The minimum atomic E-state index is 1.27. The second-order valence-electron chi connectivity index (χ2n) is 4.42. The molecule has 0 bridgehead atoms. The molecule has 0 saturated carbocycles. The summed E-state index contributed by atoms with van der Waals surface area (Å²) in [4.78, 5) is 2.41. The average Bonchev–Trinajstić information content (AvgIpc) is 2.58. The highest BCUT2D eigenvalue weighted by molar-refractivity contribution is 5.04. The van der Waals surface area contributed by atoms with Crippen molar-refractivity contribution in [3.05, 3.63) is 11.8 Å². The van der Waals surface area contributed by atoms with Crippen LogP contribution in [0.4, 0.5) is 0 Å². The maximum atomic E-state index is 2.46. The molecule has 0 aromatic heterocycles. The monoisotopic (exact) mass is 195 g/mol. The quantitative estimate of drug-likeness (QED) is 0.580. The zero-order chi connectivity index (χ0) is 10.2. The first-order valence-corrected chi connectivity index (χ1v) is 6.24. The molecular formula is C13H25N. The molecule has 1 saturated heterocycles. The minimum absolute atomic E-state index is 1.27. The van der Waals surface area contributed by atoms with Gasteiger partial charge in [-0.2, -0.15) is 0 Å². The Labute approximate surface area is 89.2 Å². The molecule has 1 heteroatoms. The summed E-state index contributed by atoms with van der Waals surface area (Å²) in [6.45, 7) is 3.54. The third-order valence-electron chi connectivity index (χ3n) is 3.10. The zero-order valence-corrected chi connectivity index (χ0v) is 9.89. The van der Waals surface area contributed by atoms with Crippen molar-refractivity contribution in [2.75, 3.05) is 13.6 Å². The van der Waals surface area contributed by atoms with Crippen LogP contribution in [0.5, 0.6) is 0 Å². The van der Waals surface area contributed by atoms with E-state index in [0.717, 1.165) is 0 Å². The predicted octanol–water partition coefficient (Wildman–Crippen LogP) is 3.96. The highest BCUT2D eigenvalue weighted by Crippen LogP contribution is 2.19. The van der Waals surface area contributed by atoms with E-state index in [1.807, 2.05) is 0 Å². The van der Waals surface area contributed by atoms with Crippen LogP contribution in [0.3, 0.4) is 0 Å². The summed E-state index contributed by atoms with van der Waals surface area (Å²) in [5, 5.41) is 0. The van der Waals surface area contributed by atoms with Gasteiger partial charge in [-0.1, -0.05) is 38.7 Å². The van der Waals surface area contributed by atoms with E-state index in [1.54, 1.807) is 5.70 Å². The molecule has 0 aliphatic carbocycles. The largest absolute Gasteiger partial charge is 0.378 e. The molecule has 0 N–H and O–H groups in total. The fraction of sp³-hybridized carbons (Fsp3) is 0.846. The molecule has 1 fully saturated rings. The van der Waals surface area contributed by atoms with E-state index in [0.29, 0.717) is 0 Å². The van der Waals surface area contributed by atoms with Crippen LogP contribution in [0.2, 0.25) is 0 Å². The van der Waals surface area contributed by atoms with Crippen LogP contribution >= 0.6 is 0 Å². The third-order valence-corrected chi connectivity index (χ3v) is 3.10. The zero-order valence-electron chi connectivity index (χ0n) is 9.89. The van der Waals surface area contributed by atoms with Gasteiger partial charge in [-0.3, -0.25) is 0 Å². The number of hydrogen-bond acceptors (Lipinski definition) is 1. The predicted molar refractivity (Wildman–Crippen MR) is 63.3 cm³/mol. The summed E-state index contributed by atoms with van der Waals surface area (Å²) in [6, 6.07) is 0. The number of rotatable bonds is 6. The smallest absolute Gasteiger partial charge is 0.0175 e. The van der Waals surface area contributed by atoms with Crippen LogP contribution in [0, 0.1) is 0 Å². The summed E-state index contributed by atoms with van der Waals surface area (Å²) >= 11 is 0. The van der Waals surface area contributed by atoms with Gasteiger partial charge >= 0.3 is 0 Å². The Balaban J connectivity index is 2.02. The molecule has 0 aromatic carbocycles. The van der Waals surface area contributed by atoms with Crippen LogP contribution in [0.1, 0.15) is 58.3 Å². The lowest BCUT2D eigenvalue weighted by atomic mass is 10.1. The van der Waals surface area contributed by atoms with Gasteiger partial charge in [0.05, 0.1) is 0 Å². The van der Waals surface area contributed by atoms with Crippen LogP contribution < -0.4 is 0 Å². The van der Waals surface area contributed by atoms with Crippen molar-refractivity contribution >= 4 is 0 Å². The molecule has 0 amide bonds. The van der Waals surface area contributed by atoms with Crippen molar-refractivity contribution in [3.63, 3.8) is 0 Å². The van der Waals surface area contributed by atoms with Crippen LogP contribution in [-0.2, 0) is 0 Å². The van der Waals surface area contributed by atoms with Crippen LogP contribution in [-0.4, -0.2) is 18.5 Å². The first-order chi connectivity index (χ1) is 6.84. The summed E-state index contributed by atoms with van der Waals surface area (Å²) in [5.74, 6) is 0. The van der Waals surface area contributed by atoms with E-state index < -0.39 is 0 Å². The Bertz CT molecular complexity index is 172. The molecule has 1 aliphatic heterocycles. The average molecular weight is 195 g/mol. The second kappa shape index (κ2) is 6.92. The van der Waals surface area contributed by atoms with Crippen molar-refractivity contribution in [2.45, 2.75) is 58.3 Å². The van der Waals surface area contributed by atoms with Crippen LogP contribution in [0.15, 0.2) is 11.8 Å². The Kier molecular flexibility index (Phi) is 5.74. The molecule has 1 heterocycles. The summed E-state index contributed by atoms with van der Waals surface area (Å²) in [7, 11) is 2.22. The molecule has 0 atom stereocenters. The van der Waals surface area contributed by atoms with Crippen molar-refractivity contribution in [2.24, 2.45) is 0 Å². The molecule has 0 unspecified atom stereocenters. The van der Waals surface area contributed by atoms with Gasteiger partial charge in [-0.15, -0.1) is 0 Å². The number of unbranched alkanes of at least 4 members (excludes halogenated alkanes) is 5. The lowest BCUT2D eigenvalue weighted by molar-refractivity contribution is 0.478. The number of likely N-dealkylation sites (tertiary alicyclic amines) is 1. The normalized spacial score (nSPS) is 19.6. The van der Waals surface area contributed by atoms with Crippen molar-refractivity contribution in [1.29, 1.82) is 0 Å². The Morgan fingerprint density at radius 2 is 2.00 bits per heavy atom. The van der Waals surface area contributed by atoms with Gasteiger partial charge in [-0.05, 0) is 25.7 Å². The SMILES string of the molecule is CCCCCCCC=C1CCCN1C. The minimum Gasteiger partial charge on any atom is -0.378 e. The van der Waals surface area contributed by atoms with Gasteiger partial charge < -0.3 is 4.90 Å². The fourth-order valence-corrected chi connectivity index (χ4v) is 2.11. The molecule has 1 nitrogen and oxygen atoms in total. The molecule has 1 rings (SSSR count). The molecular weight excluding hydrogens is 170 g/mol. The highest BCUT2D eigenvalue weighted by atomic mass is 15.1. The second-order valence-corrected chi connectivity index (χ2v) is 4.42. The van der Waals surface area contributed by atoms with Gasteiger partial charge in [0, 0.05) is 19.3 Å². The summed E-state index contributed by atoms with van der Waals surface area (Å²) < 4.78 is 0. The fourth-order valence-electron chi connectivity index (χ4n) is 2.11. The first-order valence-electron chi connectivity index (χ1n) is 6.24. The van der Waals surface area contributed by atoms with E-state index >= 15 is 0 Å². The van der Waals surface area contributed by atoms with Crippen molar-refractivity contribution in [3.8, 4) is 0 Å². The van der Waals surface area contributed by atoms with Crippen LogP contribution in [0.25, 0.3) is 0 Å². The van der Waals surface area contributed by atoms with E-state index in [1.165, 1.54) is 57.9 Å². The standard InChI is InChI=1S/C13H25N/c1-3-4-5-6-7-8-10-13-11-9-12-14(13)2/h10H,3-9,11-12H2,1-2H3. The van der Waals surface area contributed by atoms with Gasteiger partial charge in [0.2, 0.25) is 0 Å². The van der Waals surface area contributed by atoms with Crippen molar-refractivity contribution < 1.29 is 0 Å². The van der Waals surface area contributed by atoms with Gasteiger partial charge in [-0.25, -0.2) is 0 Å². The van der Waals surface area contributed by atoms with E-state index in [2.05, 4.69) is 24.9 Å². The summed E-state index contributed by atoms with van der Waals surface area (Å²) in [6.07, 6.45) is 13.4. The first kappa shape index (κ1) is 11.6. The Morgan fingerprint density at radius 1 is 1.21 bits per heavy atom. The molecule has 82 valence electrons. The highest BCUT2D eigenvalue weighted by Gasteiger charge is 2.10. The molecule has 0 spiro atoms. The lowest BCUT2D eigenvalue weighted by Crippen LogP contribution is -2.09.